The Hall–Kier alpha value is -3.52. The van der Waals surface area contributed by atoms with Crippen molar-refractivity contribution in [1.82, 2.24) is 10.6 Å². The molecule has 0 radical (unpaired) electrons. The fourth-order valence-electron chi connectivity index (χ4n) is 6.54. The van der Waals surface area contributed by atoms with Crippen LogP contribution < -0.4 is 10.6 Å². The van der Waals surface area contributed by atoms with Crippen LogP contribution in [0, 0.1) is 0 Å². The number of hydrogen-bond acceptors (Lipinski definition) is 6. The van der Waals surface area contributed by atoms with Gasteiger partial charge in [0.2, 0.25) is 5.91 Å². The van der Waals surface area contributed by atoms with E-state index in [2.05, 4.69) is 41.8 Å². The number of rotatable bonds is 27. The van der Waals surface area contributed by atoms with Crippen LogP contribution in [-0.4, -0.2) is 56.0 Å². The highest BCUT2D eigenvalue weighted by atomic mass is 16.5. The van der Waals surface area contributed by atoms with E-state index in [1.807, 2.05) is 31.2 Å². The number of hydrogen-bond donors (Lipinski definition) is 2. The molecule has 49 heavy (non-hydrogen) atoms. The first kappa shape index (κ1) is 39.9. The van der Waals surface area contributed by atoms with Crippen molar-refractivity contribution >= 4 is 23.6 Å². The largest absolute Gasteiger partial charge is 0.449 e. The summed E-state index contributed by atoms with van der Waals surface area (Å²) in [4.78, 5) is 50.5. The van der Waals surface area contributed by atoms with Crippen LogP contribution >= 0.6 is 0 Å². The minimum absolute atomic E-state index is 0.00719. The van der Waals surface area contributed by atoms with E-state index in [9.17, 15) is 19.2 Å². The van der Waals surface area contributed by atoms with Gasteiger partial charge in [-0.15, -0.1) is 0 Å². The van der Waals surface area contributed by atoms with Gasteiger partial charge in [-0.1, -0.05) is 87.6 Å². The molecule has 2 amide bonds. The Kier molecular flexibility index (Phi) is 19.4. The fourth-order valence-corrected chi connectivity index (χ4v) is 6.54. The summed E-state index contributed by atoms with van der Waals surface area (Å²) in [5, 5.41) is 5.84. The third-order valence-electron chi connectivity index (χ3n) is 9.35. The highest BCUT2D eigenvalue weighted by molar-refractivity contribution is 5.87. The van der Waals surface area contributed by atoms with Crippen LogP contribution in [0.25, 0.3) is 11.1 Å². The summed E-state index contributed by atoms with van der Waals surface area (Å²) in [6.07, 6.45) is 13.2. The lowest BCUT2D eigenvalue weighted by atomic mass is 9.98. The number of benzene rings is 2. The molecule has 3 rings (SSSR count). The maximum absolute atomic E-state index is 13.2. The Morgan fingerprint density at radius 1 is 0.694 bits per heavy atom. The minimum Gasteiger partial charge on any atom is -0.449 e. The van der Waals surface area contributed by atoms with Gasteiger partial charge in [0, 0.05) is 51.4 Å². The Bertz CT molecular complexity index is 1250. The van der Waals surface area contributed by atoms with Crippen LogP contribution in [0.3, 0.4) is 0 Å². The topological polar surface area (TPSA) is 111 Å². The molecule has 1 aliphatic rings. The lowest BCUT2D eigenvalue weighted by Gasteiger charge is -2.19. The zero-order valence-corrected chi connectivity index (χ0v) is 30.1. The molecule has 0 aromatic heterocycles. The maximum Gasteiger partial charge on any atom is 0.407 e. The van der Waals surface area contributed by atoms with E-state index in [-0.39, 0.29) is 24.2 Å². The van der Waals surface area contributed by atoms with Crippen molar-refractivity contribution in [3.63, 3.8) is 0 Å². The number of carbonyl (C=O) groups is 4. The van der Waals surface area contributed by atoms with Crippen LogP contribution in [0.2, 0.25) is 0 Å². The predicted molar refractivity (Wildman–Crippen MR) is 196 cm³/mol. The number of unbranched alkanes of at least 4 members (excludes halogenated alkanes) is 8. The van der Waals surface area contributed by atoms with Crippen LogP contribution in [-0.2, 0) is 23.9 Å². The number of ether oxygens (including phenoxy) is 2. The van der Waals surface area contributed by atoms with Crippen molar-refractivity contribution in [1.29, 1.82) is 0 Å². The summed E-state index contributed by atoms with van der Waals surface area (Å²) in [6.45, 7) is 6.12. The average molecular weight is 677 g/mol. The molecular formula is C41H60N2O6. The lowest BCUT2D eigenvalue weighted by Crippen LogP contribution is -2.41. The second-order valence-corrected chi connectivity index (χ2v) is 13.3. The molecule has 270 valence electrons. The summed E-state index contributed by atoms with van der Waals surface area (Å²) in [6, 6.07) is 15.8. The average Bonchev–Trinajstić information content (AvgIpc) is 3.43. The van der Waals surface area contributed by atoms with Crippen molar-refractivity contribution in [3.05, 3.63) is 59.7 Å². The Labute approximate surface area is 294 Å². The monoisotopic (exact) mass is 676 g/mol. The van der Waals surface area contributed by atoms with Crippen LogP contribution in [0.15, 0.2) is 48.5 Å². The quantitative estimate of drug-likeness (QED) is 0.0915. The Morgan fingerprint density at radius 3 is 1.96 bits per heavy atom. The van der Waals surface area contributed by atoms with E-state index >= 15 is 0 Å². The van der Waals surface area contributed by atoms with Crippen molar-refractivity contribution in [2.24, 2.45) is 0 Å². The molecule has 1 aliphatic carbocycles. The number of amides is 2. The molecule has 8 nitrogen and oxygen atoms in total. The maximum atomic E-state index is 13.2. The molecule has 0 saturated heterocycles. The molecule has 0 unspecified atom stereocenters. The third-order valence-corrected chi connectivity index (χ3v) is 9.35. The van der Waals surface area contributed by atoms with Gasteiger partial charge in [0.15, 0.2) is 5.78 Å². The first-order valence-electron chi connectivity index (χ1n) is 18.9. The second kappa shape index (κ2) is 23.8. The van der Waals surface area contributed by atoms with E-state index < -0.39 is 12.1 Å². The van der Waals surface area contributed by atoms with Crippen LogP contribution in [0.4, 0.5) is 4.79 Å². The molecular weight excluding hydrogens is 616 g/mol. The summed E-state index contributed by atoms with van der Waals surface area (Å²) in [5.41, 5.74) is 4.60. The number of alkyl carbamates (subject to hydrolysis) is 1. The van der Waals surface area contributed by atoms with E-state index in [0.29, 0.717) is 76.9 Å². The molecule has 0 bridgehead atoms. The second-order valence-electron chi connectivity index (χ2n) is 13.3. The summed E-state index contributed by atoms with van der Waals surface area (Å²) in [7, 11) is 0. The van der Waals surface area contributed by atoms with Gasteiger partial charge in [-0.05, 0) is 80.5 Å². The normalized spacial score (nSPS) is 12.6. The van der Waals surface area contributed by atoms with Crippen molar-refractivity contribution in [2.75, 3.05) is 26.4 Å². The first-order valence-corrected chi connectivity index (χ1v) is 18.9. The molecule has 1 atom stereocenters. The van der Waals surface area contributed by atoms with Gasteiger partial charge in [0.05, 0.1) is 6.04 Å². The van der Waals surface area contributed by atoms with Gasteiger partial charge >= 0.3 is 6.09 Å². The van der Waals surface area contributed by atoms with Gasteiger partial charge in [0.1, 0.15) is 12.4 Å². The van der Waals surface area contributed by atoms with Crippen LogP contribution in [0.1, 0.15) is 140 Å². The molecule has 0 saturated carbocycles. The molecule has 0 spiro atoms. The van der Waals surface area contributed by atoms with E-state index in [1.54, 1.807) is 0 Å². The van der Waals surface area contributed by atoms with Gasteiger partial charge in [-0.3, -0.25) is 14.4 Å². The number of Topliss-reactive ketones (excluding diaryl/α,β-unsaturated/α-hetero) is 2. The van der Waals surface area contributed by atoms with Crippen LogP contribution in [0.5, 0.6) is 0 Å². The third kappa shape index (κ3) is 14.9. The van der Waals surface area contributed by atoms with E-state index in [4.69, 9.17) is 9.47 Å². The molecule has 2 aromatic carbocycles. The van der Waals surface area contributed by atoms with E-state index in [1.165, 1.54) is 12.8 Å². The minimum atomic E-state index is -0.637. The van der Waals surface area contributed by atoms with Crippen molar-refractivity contribution < 1.29 is 28.7 Å². The van der Waals surface area contributed by atoms with Gasteiger partial charge in [-0.25, -0.2) is 4.79 Å². The zero-order chi connectivity index (χ0) is 35.1. The van der Waals surface area contributed by atoms with Gasteiger partial charge < -0.3 is 20.1 Å². The molecule has 0 heterocycles. The smallest absolute Gasteiger partial charge is 0.407 e. The van der Waals surface area contributed by atoms with Gasteiger partial charge in [-0.2, -0.15) is 0 Å². The standard InChI is InChI=1S/C41H60N2O6/c1-3-5-6-9-20-32(44)21-10-7-8-11-28-40(46)42-29-18-16-26-38(39(45)27-17-19-30-48-4-2)43-41(47)49-31-37-35-24-14-12-22-33(35)34-23-13-15-25-36(34)37/h12-15,22-25,37-38H,3-11,16-21,26-31H2,1-2H3,(H,42,46)(H,43,47)/t38-/m0/s1. The lowest BCUT2D eigenvalue weighted by molar-refractivity contribution is -0.122. The summed E-state index contributed by atoms with van der Waals surface area (Å²) in [5.74, 6) is 0.342. The molecule has 2 N–H and O–H groups in total. The summed E-state index contributed by atoms with van der Waals surface area (Å²) >= 11 is 0. The Morgan fingerprint density at radius 2 is 1.31 bits per heavy atom. The first-order chi connectivity index (χ1) is 23.9. The Balaban J connectivity index is 1.36. The molecule has 2 aromatic rings. The number of fused-ring (bicyclic) bond motifs is 3. The fraction of sp³-hybridized carbons (Fsp3) is 0.610. The molecule has 0 aliphatic heterocycles. The van der Waals surface area contributed by atoms with Crippen molar-refractivity contribution in [3.8, 4) is 11.1 Å². The highest BCUT2D eigenvalue weighted by Crippen LogP contribution is 2.44. The van der Waals surface area contributed by atoms with Gasteiger partial charge in [0.25, 0.3) is 0 Å². The summed E-state index contributed by atoms with van der Waals surface area (Å²) < 4.78 is 11.1. The molecule has 8 heteroatoms. The van der Waals surface area contributed by atoms with E-state index in [0.717, 1.165) is 67.2 Å². The number of carbonyl (C=O) groups excluding carboxylic acids is 4. The number of ketones is 2. The SMILES string of the molecule is CCCCCCC(=O)CCCCCCC(=O)NCCCC[C@H](NC(=O)OCC1c2ccccc2-c2ccccc21)C(=O)CCCCOCC. The van der Waals surface area contributed by atoms with Crippen molar-refractivity contribution in [2.45, 2.75) is 135 Å². The highest BCUT2D eigenvalue weighted by Gasteiger charge is 2.29. The molecule has 0 fully saturated rings. The predicted octanol–water partition coefficient (Wildman–Crippen LogP) is 8.84. The number of nitrogens with one attached hydrogen (secondary N) is 2. The zero-order valence-electron chi connectivity index (χ0n) is 30.1.